The summed E-state index contributed by atoms with van der Waals surface area (Å²) in [5.41, 5.74) is 0. The summed E-state index contributed by atoms with van der Waals surface area (Å²) in [5, 5.41) is 9.26. The van der Waals surface area contributed by atoms with Crippen LogP contribution in [-0.2, 0) is 4.79 Å². The molecule has 1 atom stereocenters. The van der Waals surface area contributed by atoms with Gasteiger partial charge in [0.25, 0.3) is 0 Å². The van der Waals surface area contributed by atoms with Gasteiger partial charge < -0.3 is 16.0 Å². The first-order chi connectivity index (χ1) is 6.33. The summed E-state index contributed by atoms with van der Waals surface area (Å²) in [4.78, 5) is 10.8. The Balaban J connectivity index is 1.91. The van der Waals surface area contributed by atoms with Crippen molar-refractivity contribution in [2.24, 2.45) is 0 Å². The van der Waals surface area contributed by atoms with Crippen LogP contribution < -0.4 is 16.0 Å². The minimum atomic E-state index is 0.104. The molecule has 0 bridgehead atoms. The zero-order valence-electron chi connectivity index (χ0n) is 8.23. The van der Waals surface area contributed by atoms with E-state index in [2.05, 4.69) is 16.0 Å². The van der Waals surface area contributed by atoms with Crippen LogP contribution in [0.4, 0.5) is 0 Å². The predicted octanol–water partition coefficient (Wildman–Crippen LogP) is -0.536. The van der Waals surface area contributed by atoms with Crippen LogP contribution in [-0.4, -0.2) is 38.6 Å². The molecule has 1 amide bonds. The van der Waals surface area contributed by atoms with Crippen LogP contribution in [0.3, 0.4) is 0 Å². The molecule has 1 heterocycles. The van der Waals surface area contributed by atoms with Crippen molar-refractivity contribution in [3.8, 4) is 0 Å². The Hall–Kier alpha value is -0.610. The molecule has 0 aliphatic carbocycles. The number of amides is 1. The van der Waals surface area contributed by atoms with Gasteiger partial charge in [-0.15, -0.1) is 0 Å². The van der Waals surface area contributed by atoms with Crippen LogP contribution >= 0.6 is 0 Å². The number of carbonyl (C=O) groups excluding carboxylic acids is 1. The van der Waals surface area contributed by atoms with Gasteiger partial charge in [-0.3, -0.25) is 4.79 Å². The third-order valence-electron chi connectivity index (χ3n) is 2.36. The second-order valence-corrected chi connectivity index (χ2v) is 3.42. The minimum Gasteiger partial charge on any atom is -0.359 e. The normalized spacial score (nSPS) is 21.8. The predicted molar refractivity (Wildman–Crippen MR) is 52.6 cm³/mol. The van der Waals surface area contributed by atoms with Crippen molar-refractivity contribution in [2.75, 3.05) is 26.7 Å². The van der Waals surface area contributed by atoms with Crippen molar-refractivity contribution < 1.29 is 4.79 Å². The maximum Gasteiger partial charge on any atom is 0.221 e. The summed E-state index contributed by atoms with van der Waals surface area (Å²) in [7, 11) is 1.67. The Morgan fingerprint density at radius 2 is 2.46 bits per heavy atom. The van der Waals surface area contributed by atoms with Gasteiger partial charge in [0.1, 0.15) is 0 Å². The molecule has 1 rings (SSSR count). The molecular weight excluding hydrogens is 166 g/mol. The first-order valence-corrected chi connectivity index (χ1v) is 4.97. The Kier molecular flexibility index (Phi) is 4.78. The summed E-state index contributed by atoms with van der Waals surface area (Å²) in [6.45, 7) is 2.90. The summed E-state index contributed by atoms with van der Waals surface area (Å²) in [6, 6.07) is 0.615. The van der Waals surface area contributed by atoms with Crippen LogP contribution in [0.15, 0.2) is 0 Å². The number of rotatable bonds is 5. The van der Waals surface area contributed by atoms with Crippen molar-refractivity contribution in [3.63, 3.8) is 0 Å². The van der Waals surface area contributed by atoms with E-state index >= 15 is 0 Å². The molecule has 1 aliphatic rings. The van der Waals surface area contributed by atoms with Crippen molar-refractivity contribution in [1.29, 1.82) is 0 Å². The van der Waals surface area contributed by atoms with Gasteiger partial charge in [0.05, 0.1) is 0 Å². The van der Waals surface area contributed by atoms with Crippen molar-refractivity contribution >= 4 is 5.91 Å². The highest BCUT2D eigenvalue weighted by Crippen LogP contribution is 2.02. The van der Waals surface area contributed by atoms with E-state index < -0.39 is 0 Å². The van der Waals surface area contributed by atoms with Gasteiger partial charge >= 0.3 is 0 Å². The second-order valence-electron chi connectivity index (χ2n) is 3.42. The van der Waals surface area contributed by atoms with Crippen LogP contribution in [0.5, 0.6) is 0 Å². The lowest BCUT2D eigenvalue weighted by Crippen LogP contribution is -2.35. The summed E-state index contributed by atoms with van der Waals surface area (Å²) in [6.07, 6.45) is 3.11. The zero-order valence-corrected chi connectivity index (χ0v) is 8.23. The van der Waals surface area contributed by atoms with E-state index in [1.54, 1.807) is 7.05 Å². The fraction of sp³-hybridized carbons (Fsp3) is 0.889. The molecule has 3 N–H and O–H groups in total. The third-order valence-corrected chi connectivity index (χ3v) is 2.36. The fourth-order valence-corrected chi connectivity index (χ4v) is 1.53. The number of nitrogens with one attached hydrogen (secondary N) is 3. The first-order valence-electron chi connectivity index (χ1n) is 4.97. The van der Waals surface area contributed by atoms with Crippen molar-refractivity contribution in [3.05, 3.63) is 0 Å². The molecule has 0 aromatic rings. The van der Waals surface area contributed by atoms with Crippen molar-refractivity contribution in [1.82, 2.24) is 16.0 Å². The van der Waals surface area contributed by atoms with E-state index in [4.69, 9.17) is 0 Å². The molecule has 4 heteroatoms. The standard InChI is InChI=1S/C9H19N3O/c1-10-9(13)4-6-11-7-8-3-2-5-12-8/h8,11-12H,2-7H2,1H3,(H,10,13). The van der Waals surface area contributed by atoms with Gasteiger partial charge in [-0.1, -0.05) is 0 Å². The van der Waals surface area contributed by atoms with Gasteiger partial charge in [0, 0.05) is 32.6 Å². The summed E-state index contributed by atoms with van der Waals surface area (Å²) >= 11 is 0. The quantitative estimate of drug-likeness (QED) is 0.504. The molecule has 76 valence electrons. The van der Waals surface area contributed by atoms with E-state index in [0.717, 1.165) is 19.6 Å². The van der Waals surface area contributed by atoms with E-state index in [1.807, 2.05) is 0 Å². The summed E-state index contributed by atoms with van der Waals surface area (Å²) in [5.74, 6) is 0.104. The van der Waals surface area contributed by atoms with Gasteiger partial charge in [-0.05, 0) is 19.4 Å². The highest BCUT2D eigenvalue weighted by Gasteiger charge is 2.12. The Morgan fingerprint density at radius 3 is 3.08 bits per heavy atom. The molecule has 0 aromatic heterocycles. The smallest absolute Gasteiger partial charge is 0.221 e. The van der Waals surface area contributed by atoms with Gasteiger partial charge in [-0.2, -0.15) is 0 Å². The minimum absolute atomic E-state index is 0.104. The van der Waals surface area contributed by atoms with E-state index in [0.29, 0.717) is 12.5 Å². The Bertz CT molecular complexity index is 155. The number of hydrogen-bond acceptors (Lipinski definition) is 3. The van der Waals surface area contributed by atoms with Crippen LogP contribution in [0.25, 0.3) is 0 Å². The highest BCUT2D eigenvalue weighted by atomic mass is 16.1. The van der Waals surface area contributed by atoms with Crippen molar-refractivity contribution in [2.45, 2.75) is 25.3 Å². The molecule has 1 unspecified atom stereocenters. The average Bonchev–Trinajstić information content (AvgIpc) is 2.64. The van der Waals surface area contributed by atoms with Gasteiger partial charge in [0.15, 0.2) is 0 Å². The van der Waals surface area contributed by atoms with E-state index in [9.17, 15) is 4.79 Å². The monoisotopic (exact) mass is 185 g/mol. The lowest BCUT2D eigenvalue weighted by Gasteiger charge is -2.10. The van der Waals surface area contributed by atoms with Crippen LogP contribution in [0.2, 0.25) is 0 Å². The SMILES string of the molecule is CNC(=O)CCNCC1CCCN1. The topological polar surface area (TPSA) is 53.2 Å². The molecule has 0 radical (unpaired) electrons. The zero-order chi connectivity index (χ0) is 9.52. The first kappa shape index (κ1) is 10.5. The molecule has 1 fully saturated rings. The van der Waals surface area contributed by atoms with Crippen LogP contribution in [0.1, 0.15) is 19.3 Å². The van der Waals surface area contributed by atoms with Gasteiger partial charge in [0.2, 0.25) is 5.91 Å². The second kappa shape index (κ2) is 5.94. The fourth-order valence-electron chi connectivity index (χ4n) is 1.53. The molecule has 0 aromatic carbocycles. The highest BCUT2D eigenvalue weighted by molar-refractivity contribution is 5.75. The molecule has 0 spiro atoms. The number of carbonyl (C=O) groups is 1. The van der Waals surface area contributed by atoms with Gasteiger partial charge in [-0.25, -0.2) is 0 Å². The molecule has 1 saturated heterocycles. The largest absolute Gasteiger partial charge is 0.359 e. The molecule has 13 heavy (non-hydrogen) atoms. The maximum absolute atomic E-state index is 10.8. The molecule has 1 aliphatic heterocycles. The molecule has 0 saturated carbocycles. The van der Waals surface area contributed by atoms with Crippen LogP contribution in [0, 0.1) is 0 Å². The number of hydrogen-bond donors (Lipinski definition) is 3. The lowest BCUT2D eigenvalue weighted by molar-refractivity contribution is -0.120. The third kappa shape index (κ3) is 4.24. The van der Waals surface area contributed by atoms with E-state index in [1.165, 1.54) is 12.8 Å². The Morgan fingerprint density at radius 1 is 1.62 bits per heavy atom. The van der Waals surface area contributed by atoms with E-state index in [-0.39, 0.29) is 5.91 Å². The Labute approximate surface area is 79.5 Å². The molecule has 4 nitrogen and oxygen atoms in total. The summed E-state index contributed by atoms with van der Waals surface area (Å²) < 4.78 is 0. The molecular formula is C9H19N3O. The maximum atomic E-state index is 10.8. The lowest BCUT2D eigenvalue weighted by atomic mass is 10.2. The average molecular weight is 185 g/mol.